The first-order valence-electron chi connectivity index (χ1n) is 10.3. The van der Waals surface area contributed by atoms with Crippen molar-refractivity contribution in [3.8, 4) is 22.7 Å². The van der Waals surface area contributed by atoms with Gasteiger partial charge >= 0.3 is 0 Å². The van der Waals surface area contributed by atoms with Crippen LogP contribution < -0.4 is 4.90 Å². The zero-order valence-corrected chi connectivity index (χ0v) is 17.8. The van der Waals surface area contributed by atoms with Crippen LogP contribution in [-0.2, 0) is 13.1 Å². The summed E-state index contributed by atoms with van der Waals surface area (Å²) in [5.41, 5.74) is 5.07. The molecular weight excluding hydrogens is 376 g/mol. The molecule has 0 bridgehead atoms. The lowest BCUT2D eigenvalue weighted by Gasteiger charge is -2.12. The van der Waals surface area contributed by atoms with E-state index in [9.17, 15) is 0 Å². The molecule has 0 amide bonds. The van der Waals surface area contributed by atoms with Crippen molar-refractivity contribution in [2.24, 2.45) is 0 Å². The molecule has 1 N–H and O–H groups in total. The summed E-state index contributed by atoms with van der Waals surface area (Å²) in [6.07, 6.45) is 0. The molecule has 4 aromatic rings. The fourth-order valence-corrected chi connectivity index (χ4v) is 3.53. The zero-order valence-electron chi connectivity index (χ0n) is 17.8. The number of rotatable bonds is 7. The smallest absolute Gasteiger partial charge is 0.271 e. The van der Waals surface area contributed by atoms with Crippen LogP contribution >= 0.6 is 0 Å². The highest BCUT2D eigenvalue weighted by Gasteiger charge is 2.22. The summed E-state index contributed by atoms with van der Waals surface area (Å²) < 4.78 is 11.4. The molecule has 2 heterocycles. The summed E-state index contributed by atoms with van der Waals surface area (Å²) in [6, 6.07) is 18.7. The van der Waals surface area contributed by atoms with Crippen LogP contribution in [0.25, 0.3) is 22.7 Å². The molecule has 0 radical (unpaired) electrons. The number of nitrogens with zero attached hydrogens (tertiary/aromatic N) is 3. The van der Waals surface area contributed by atoms with Crippen LogP contribution in [0.4, 0.5) is 0 Å². The molecule has 6 nitrogen and oxygen atoms in total. The molecule has 0 saturated heterocycles. The van der Waals surface area contributed by atoms with Gasteiger partial charge in [0.05, 0.1) is 7.05 Å². The number of quaternary nitrogens is 1. The third-order valence-corrected chi connectivity index (χ3v) is 5.20. The van der Waals surface area contributed by atoms with Gasteiger partial charge in [0, 0.05) is 11.1 Å². The zero-order chi connectivity index (χ0) is 21.1. The second-order valence-corrected chi connectivity index (χ2v) is 8.04. The molecular formula is C24H27N4O2+. The molecule has 1 atom stereocenters. The quantitative estimate of drug-likeness (QED) is 0.504. The summed E-state index contributed by atoms with van der Waals surface area (Å²) in [7, 11) is 2.13. The molecule has 1 unspecified atom stereocenters. The lowest BCUT2D eigenvalue weighted by Crippen LogP contribution is -3.06. The summed E-state index contributed by atoms with van der Waals surface area (Å²) in [5, 5.41) is 12.7. The van der Waals surface area contributed by atoms with Gasteiger partial charge in [-0.05, 0) is 18.4 Å². The van der Waals surface area contributed by atoms with Gasteiger partial charge in [0.2, 0.25) is 0 Å². The van der Waals surface area contributed by atoms with Crippen LogP contribution in [0.15, 0.2) is 63.5 Å². The van der Waals surface area contributed by atoms with Gasteiger partial charge < -0.3 is 13.8 Å². The van der Waals surface area contributed by atoms with Gasteiger partial charge in [-0.3, -0.25) is 0 Å². The maximum absolute atomic E-state index is 5.99. The first-order valence-corrected chi connectivity index (χ1v) is 10.3. The van der Waals surface area contributed by atoms with E-state index in [1.807, 2.05) is 37.3 Å². The average Bonchev–Trinajstić information content (AvgIpc) is 3.35. The second kappa shape index (κ2) is 8.63. The van der Waals surface area contributed by atoms with Gasteiger partial charge in [-0.25, -0.2) is 0 Å². The Hall–Kier alpha value is -3.25. The Kier molecular flexibility index (Phi) is 5.77. The highest BCUT2D eigenvalue weighted by atomic mass is 16.5. The van der Waals surface area contributed by atoms with E-state index in [0.29, 0.717) is 35.7 Å². The van der Waals surface area contributed by atoms with E-state index in [2.05, 4.69) is 60.5 Å². The number of nitrogens with one attached hydrogen (secondary N) is 1. The fourth-order valence-electron chi connectivity index (χ4n) is 3.53. The van der Waals surface area contributed by atoms with Gasteiger partial charge in [0.1, 0.15) is 23.6 Å². The Bertz CT molecular complexity index is 1100. The van der Waals surface area contributed by atoms with E-state index in [1.54, 1.807) is 0 Å². The Balaban J connectivity index is 1.48. The normalized spacial score (nSPS) is 12.4. The van der Waals surface area contributed by atoms with Gasteiger partial charge in [-0.15, -0.1) is 10.2 Å². The van der Waals surface area contributed by atoms with Crippen LogP contribution in [0.2, 0.25) is 0 Å². The van der Waals surface area contributed by atoms with E-state index >= 15 is 0 Å². The number of benzene rings is 2. The Morgan fingerprint density at radius 2 is 1.67 bits per heavy atom. The lowest BCUT2D eigenvalue weighted by molar-refractivity contribution is -0.909. The molecule has 6 heteroatoms. The SMILES string of the molecule is Cc1onc(-c2ccccc2)c1-c1nnc(C[NH+](C)Cc2ccc(C(C)C)cc2)o1. The van der Waals surface area contributed by atoms with Crippen molar-refractivity contribution in [2.75, 3.05) is 7.05 Å². The predicted octanol–water partition coefficient (Wildman–Crippen LogP) is 4.04. The van der Waals surface area contributed by atoms with Crippen molar-refractivity contribution in [2.45, 2.75) is 39.8 Å². The third kappa shape index (κ3) is 4.33. The van der Waals surface area contributed by atoms with E-state index < -0.39 is 0 Å². The first kappa shape index (κ1) is 20.0. The minimum atomic E-state index is 0.441. The molecule has 30 heavy (non-hydrogen) atoms. The fraction of sp³-hybridized carbons (Fsp3) is 0.292. The summed E-state index contributed by atoms with van der Waals surface area (Å²) in [4.78, 5) is 1.27. The largest absolute Gasteiger partial charge is 0.415 e. The minimum Gasteiger partial charge on any atom is -0.415 e. The molecule has 0 fully saturated rings. The van der Waals surface area contributed by atoms with E-state index in [1.165, 1.54) is 16.0 Å². The maximum Gasteiger partial charge on any atom is 0.271 e. The van der Waals surface area contributed by atoms with Crippen LogP contribution in [-0.4, -0.2) is 22.4 Å². The molecule has 0 aliphatic carbocycles. The van der Waals surface area contributed by atoms with Crippen molar-refractivity contribution in [1.82, 2.24) is 15.4 Å². The van der Waals surface area contributed by atoms with Gasteiger partial charge in [0.25, 0.3) is 11.8 Å². The van der Waals surface area contributed by atoms with Crippen molar-refractivity contribution >= 4 is 0 Å². The molecule has 0 spiro atoms. The number of aryl methyl sites for hydroxylation is 1. The predicted molar refractivity (Wildman–Crippen MR) is 115 cm³/mol. The number of hydrogen-bond donors (Lipinski definition) is 1. The summed E-state index contributed by atoms with van der Waals surface area (Å²) in [5.74, 6) is 2.25. The average molecular weight is 404 g/mol. The highest BCUT2D eigenvalue weighted by Crippen LogP contribution is 2.33. The number of aromatic nitrogens is 3. The monoisotopic (exact) mass is 403 g/mol. The van der Waals surface area contributed by atoms with Crippen molar-refractivity contribution < 1.29 is 13.8 Å². The molecule has 0 saturated carbocycles. The molecule has 0 aliphatic heterocycles. The molecule has 154 valence electrons. The molecule has 2 aromatic carbocycles. The van der Waals surface area contributed by atoms with Crippen LogP contribution in [0.5, 0.6) is 0 Å². The Labute approximate surface area is 176 Å². The lowest BCUT2D eigenvalue weighted by atomic mass is 10.0. The van der Waals surface area contributed by atoms with Crippen LogP contribution in [0.3, 0.4) is 0 Å². The van der Waals surface area contributed by atoms with E-state index in [4.69, 9.17) is 8.94 Å². The van der Waals surface area contributed by atoms with E-state index in [-0.39, 0.29) is 0 Å². The summed E-state index contributed by atoms with van der Waals surface area (Å²) >= 11 is 0. The molecule has 0 aliphatic rings. The van der Waals surface area contributed by atoms with Gasteiger partial charge in [0.15, 0.2) is 6.54 Å². The maximum atomic E-state index is 5.99. The van der Waals surface area contributed by atoms with Crippen LogP contribution in [0, 0.1) is 6.92 Å². The van der Waals surface area contributed by atoms with E-state index in [0.717, 1.165) is 17.7 Å². The topological polar surface area (TPSA) is 69.4 Å². The first-order chi connectivity index (χ1) is 14.5. The highest BCUT2D eigenvalue weighted by molar-refractivity contribution is 5.77. The summed E-state index contributed by atoms with van der Waals surface area (Å²) in [6.45, 7) is 7.80. The van der Waals surface area contributed by atoms with Crippen molar-refractivity contribution in [3.05, 3.63) is 77.4 Å². The minimum absolute atomic E-state index is 0.441. The van der Waals surface area contributed by atoms with Crippen molar-refractivity contribution in [1.29, 1.82) is 0 Å². The molecule has 4 rings (SSSR count). The van der Waals surface area contributed by atoms with Gasteiger partial charge in [-0.1, -0.05) is 73.6 Å². The van der Waals surface area contributed by atoms with Crippen LogP contribution in [0.1, 0.15) is 42.5 Å². The second-order valence-electron chi connectivity index (χ2n) is 8.04. The number of hydrogen-bond acceptors (Lipinski definition) is 5. The standard InChI is InChI=1S/C24H26N4O2/c1-16(2)19-12-10-18(11-13-19)14-28(4)15-21-25-26-24(29-21)22-17(3)30-27-23(22)20-8-6-5-7-9-20/h5-13,16H,14-15H2,1-4H3/p+1. The molecule has 2 aromatic heterocycles. The Morgan fingerprint density at radius 1 is 0.933 bits per heavy atom. The van der Waals surface area contributed by atoms with Gasteiger partial charge in [-0.2, -0.15) is 0 Å². The third-order valence-electron chi connectivity index (χ3n) is 5.20. The van der Waals surface area contributed by atoms with Crippen molar-refractivity contribution in [3.63, 3.8) is 0 Å². The Morgan fingerprint density at radius 3 is 2.37 bits per heavy atom.